The summed E-state index contributed by atoms with van der Waals surface area (Å²) in [5, 5.41) is 21.8. The average Bonchev–Trinajstić information content (AvgIpc) is 3.58. The highest BCUT2D eigenvalue weighted by Crippen LogP contribution is 2.40. The lowest BCUT2D eigenvalue weighted by molar-refractivity contribution is -0.136. The van der Waals surface area contributed by atoms with E-state index in [0.717, 1.165) is 39.0 Å². The Morgan fingerprint density at radius 3 is 2.55 bits per heavy atom. The number of nitrogens with one attached hydrogen (secondary N) is 1. The van der Waals surface area contributed by atoms with Crippen LogP contribution in [0.15, 0.2) is 79.4 Å². The molecule has 3 heterocycles. The molecule has 8 nitrogen and oxygen atoms in total. The molecule has 0 saturated heterocycles. The second-order valence-electron chi connectivity index (χ2n) is 10.4. The van der Waals surface area contributed by atoms with Gasteiger partial charge in [0.2, 0.25) is 0 Å². The van der Waals surface area contributed by atoms with Gasteiger partial charge in [-0.2, -0.15) is 0 Å². The van der Waals surface area contributed by atoms with E-state index in [0.29, 0.717) is 36.4 Å². The van der Waals surface area contributed by atoms with Gasteiger partial charge in [-0.3, -0.25) is 14.2 Å². The Hall–Kier alpha value is -4.43. The molecule has 0 saturated carbocycles. The van der Waals surface area contributed by atoms with E-state index in [1.807, 2.05) is 43.3 Å². The number of hydrogen-bond acceptors (Lipinski definition) is 4. The average molecular weight is 554 g/mol. The fourth-order valence-corrected chi connectivity index (χ4v) is 6.14. The van der Waals surface area contributed by atoms with Gasteiger partial charge >= 0.3 is 5.97 Å². The maximum absolute atomic E-state index is 13.8. The number of carboxylic acid groups (broad SMARTS) is 1. The van der Waals surface area contributed by atoms with Crippen molar-refractivity contribution in [3.63, 3.8) is 0 Å². The molecule has 40 heavy (non-hydrogen) atoms. The van der Waals surface area contributed by atoms with E-state index in [-0.39, 0.29) is 12.3 Å². The molecule has 0 spiro atoms. The highest BCUT2D eigenvalue weighted by molar-refractivity contribution is 6.34. The van der Waals surface area contributed by atoms with Crippen molar-refractivity contribution in [2.24, 2.45) is 0 Å². The normalized spacial score (nSPS) is 16.6. The number of fused-ring (bicyclic) bond motifs is 3. The quantitative estimate of drug-likeness (QED) is 0.278. The molecule has 0 unspecified atom stereocenters. The first-order valence-corrected chi connectivity index (χ1v) is 13.6. The third-order valence-electron chi connectivity index (χ3n) is 7.84. The van der Waals surface area contributed by atoms with E-state index in [2.05, 4.69) is 38.3 Å². The molecule has 1 aliphatic heterocycles. The van der Waals surface area contributed by atoms with Crippen molar-refractivity contribution in [3.8, 4) is 5.69 Å². The molecule has 9 heteroatoms. The monoisotopic (exact) mass is 553 g/mol. The van der Waals surface area contributed by atoms with Crippen LogP contribution in [-0.4, -0.2) is 36.3 Å². The molecule has 0 aliphatic carbocycles. The maximum atomic E-state index is 13.8. The van der Waals surface area contributed by atoms with Crippen LogP contribution in [0.1, 0.15) is 45.6 Å². The predicted octanol–water partition coefficient (Wildman–Crippen LogP) is 5.47. The third kappa shape index (κ3) is 4.64. The van der Waals surface area contributed by atoms with Crippen LogP contribution < -0.4 is 5.32 Å². The summed E-state index contributed by atoms with van der Waals surface area (Å²) < 4.78 is 3.99. The maximum Gasteiger partial charge on any atom is 0.303 e. The van der Waals surface area contributed by atoms with Gasteiger partial charge < -0.3 is 15.0 Å². The molecule has 2 aromatic heterocycles. The van der Waals surface area contributed by atoms with Crippen molar-refractivity contribution in [2.75, 3.05) is 0 Å². The van der Waals surface area contributed by atoms with Crippen molar-refractivity contribution >= 4 is 34.4 Å². The first kappa shape index (κ1) is 25.8. The zero-order chi connectivity index (χ0) is 27.9. The molecule has 3 aromatic carbocycles. The molecule has 0 bridgehead atoms. The fourth-order valence-electron chi connectivity index (χ4n) is 5.88. The van der Waals surface area contributed by atoms with Crippen LogP contribution in [-0.2, 0) is 29.7 Å². The number of carbonyl (C=O) groups is 2. The summed E-state index contributed by atoms with van der Waals surface area (Å²) in [4.78, 5) is 25.3. The van der Waals surface area contributed by atoms with Crippen LogP contribution in [0.4, 0.5) is 0 Å². The van der Waals surface area contributed by atoms with Crippen LogP contribution in [0, 0.1) is 6.92 Å². The van der Waals surface area contributed by atoms with Gasteiger partial charge in [-0.05, 0) is 67.6 Å². The Labute approximate surface area is 236 Å². The number of carbonyl (C=O) groups excluding carboxylic acids is 1. The molecular weight excluding hydrogens is 526 g/mol. The van der Waals surface area contributed by atoms with Crippen LogP contribution in [0.25, 0.3) is 16.6 Å². The van der Waals surface area contributed by atoms with Crippen molar-refractivity contribution in [2.45, 2.75) is 44.7 Å². The van der Waals surface area contributed by atoms with E-state index in [9.17, 15) is 14.7 Å². The van der Waals surface area contributed by atoms with Crippen LogP contribution in [0.2, 0.25) is 5.02 Å². The number of aromatic nitrogens is 4. The Balaban J connectivity index is 1.40. The lowest BCUT2D eigenvalue weighted by atomic mass is 9.81. The van der Waals surface area contributed by atoms with Crippen LogP contribution >= 0.6 is 11.6 Å². The molecule has 5 aromatic rings. The number of rotatable bonds is 7. The minimum absolute atomic E-state index is 0.0737. The van der Waals surface area contributed by atoms with Gasteiger partial charge in [0.25, 0.3) is 5.91 Å². The summed E-state index contributed by atoms with van der Waals surface area (Å²) in [7, 11) is 0. The largest absolute Gasteiger partial charge is 0.481 e. The van der Waals surface area contributed by atoms with E-state index >= 15 is 0 Å². The highest BCUT2D eigenvalue weighted by atomic mass is 35.5. The van der Waals surface area contributed by atoms with E-state index < -0.39 is 11.5 Å². The van der Waals surface area contributed by atoms with Gasteiger partial charge in [0.15, 0.2) is 0 Å². The van der Waals surface area contributed by atoms with Crippen molar-refractivity contribution in [3.05, 3.63) is 112 Å². The number of carboxylic acids is 1. The van der Waals surface area contributed by atoms with Gasteiger partial charge in [-0.15, -0.1) is 10.2 Å². The molecule has 1 atom stereocenters. The van der Waals surface area contributed by atoms with Crippen LogP contribution in [0.3, 0.4) is 0 Å². The number of amides is 1. The Morgan fingerprint density at radius 2 is 1.82 bits per heavy atom. The molecule has 202 valence electrons. The number of halogens is 1. The first-order valence-electron chi connectivity index (χ1n) is 13.2. The van der Waals surface area contributed by atoms with E-state index in [1.54, 1.807) is 29.4 Å². The summed E-state index contributed by atoms with van der Waals surface area (Å²) in [6, 6.07) is 21.6. The molecule has 2 N–H and O–H groups in total. The molecule has 0 fully saturated rings. The first-order chi connectivity index (χ1) is 19.3. The minimum Gasteiger partial charge on any atom is -0.481 e. The second kappa shape index (κ2) is 10.3. The van der Waals surface area contributed by atoms with Gasteiger partial charge in [0, 0.05) is 28.7 Å². The zero-order valence-electron chi connectivity index (χ0n) is 22.0. The lowest BCUT2D eigenvalue weighted by Crippen LogP contribution is -2.51. The van der Waals surface area contributed by atoms with Gasteiger partial charge in [0.05, 0.1) is 22.7 Å². The smallest absolute Gasteiger partial charge is 0.303 e. The SMILES string of the molecule is Cc1ccc2c(c1)c(CCC(=O)O)c1n2C[C@@](NC(=O)c2ccc(-n3cnnc3)cc2Cl)(c2ccccc2)CC1. The lowest BCUT2D eigenvalue weighted by Gasteiger charge is -2.40. The summed E-state index contributed by atoms with van der Waals surface area (Å²) in [6.07, 6.45) is 5.04. The molecule has 1 aliphatic rings. The Bertz CT molecular complexity index is 1730. The summed E-state index contributed by atoms with van der Waals surface area (Å²) >= 11 is 6.62. The van der Waals surface area contributed by atoms with Crippen molar-refractivity contribution in [1.82, 2.24) is 24.6 Å². The molecule has 0 radical (unpaired) electrons. The summed E-state index contributed by atoms with van der Waals surface area (Å²) in [5.41, 5.74) is 5.85. The third-order valence-corrected chi connectivity index (χ3v) is 8.15. The highest BCUT2D eigenvalue weighted by Gasteiger charge is 2.40. The van der Waals surface area contributed by atoms with Gasteiger partial charge in [-0.1, -0.05) is 53.6 Å². The van der Waals surface area contributed by atoms with Crippen molar-refractivity contribution < 1.29 is 14.7 Å². The Kier molecular flexibility index (Phi) is 6.64. The van der Waals surface area contributed by atoms with Gasteiger partial charge in [-0.25, -0.2) is 0 Å². The van der Waals surface area contributed by atoms with Crippen LogP contribution in [0.5, 0.6) is 0 Å². The summed E-state index contributed by atoms with van der Waals surface area (Å²) in [5.74, 6) is -1.07. The molecule has 6 rings (SSSR count). The Morgan fingerprint density at radius 1 is 1.05 bits per heavy atom. The molecular formula is C31H28ClN5O3. The number of hydrogen-bond donors (Lipinski definition) is 2. The number of benzene rings is 3. The second-order valence-corrected chi connectivity index (χ2v) is 10.8. The minimum atomic E-state index is -0.811. The fraction of sp³-hybridized carbons (Fsp3) is 0.226. The van der Waals surface area contributed by atoms with Crippen molar-refractivity contribution in [1.29, 1.82) is 0 Å². The number of nitrogens with zero attached hydrogens (tertiary/aromatic N) is 4. The number of aryl methyl sites for hydroxylation is 2. The summed E-state index contributed by atoms with van der Waals surface area (Å²) in [6.45, 7) is 2.56. The predicted molar refractivity (Wildman–Crippen MR) is 153 cm³/mol. The standard InChI is InChI=1S/C31H28ClN5O3/c1-20-7-11-27-25(15-20)23(10-12-29(38)39)28-13-14-31(17-37(27)28,21-5-3-2-4-6-21)35-30(40)24-9-8-22(16-26(24)32)36-18-33-34-19-36/h2-9,11,15-16,18-19H,10,12-14,17H2,1H3,(H,35,40)(H,38,39)/t31-/m1/s1. The van der Waals surface area contributed by atoms with E-state index in [4.69, 9.17) is 11.6 Å². The zero-order valence-corrected chi connectivity index (χ0v) is 22.7. The topological polar surface area (TPSA) is 102 Å². The van der Waals surface area contributed by atoms with E-state index in [1.165, 1.54) is 0 Å². The molecule has 1 amide bonds. The number of aliphatic carboxylic acids is 1. The van der Waals surface area contributed by atoms with Gasteiger partial charge in [0.1, 0.15) is 12.7 Å².